The molecule has 0 aliphatic carbocycles. The zero-order valence-electron chi connectivity index (χ0n) is 13.5. The molecule has 0 spiro atoms. The van der Waals surface area contributed by atoms with Crippen molar-refractivity contribution >= 4 is 11.5 Å². The molecule has 0 aliphatic rings. The summed E-state index contributed by atoms with van der Waals surface area (Å²) in [6.07, 6.45) is 0. The maximum absolute atomic E-state index is 9.33. The SMILES string of the molecule is Oc1ccc(Nc2cc(-c3ccc(-c4ccccc4)cc3)[nH]n2)cc1. The molecular weight excluding hydrogens is 310 g/mol. The molecule has 0 fully saturated rings. The van der Waals surface area contributed by atoms with Crippen molar-refractivity contribution in [1.29, 1.82) is 0 Å². The molecule has 0 bridgehead atoms. The van der Waals surface area contributed by atoms with E-state index in [9.17, 15) is 5.11 Å². The topological polar surface area (TPSA) is 60.9 Å². The number of phenols is 1. The highest BCUT2D eigenvalue weighted by Crippen LogP contribution is 2.26. The third-order valence-corrected chi connectivity index (χ3v) is 4.02. The third-order valence-electron chi connectivity index (χ3n) is 4.02. The summed E-state index contributed by atoms with van der Waals surface area (Å²) in [6, 6.07) is 27.5. The van der Waals surface area contributed by atoms with Gasteiger partial charge in [0.25, 0.3) is 0 Å². The van der Waals surface area contributed by atoms with Crippen molar-refractivity contribution in [3.05, 3.63) is 84.9 Å². The van der Waals surface area contributed by atoms with E-state index < -0.39 is 0 Å². The predicted octanol–water partition coefficient (Wildman–Crippen LogP) is 5.19. The molecule has 0 aliphatic heterocycles. The van der Waals surface area contributed by atoms with E-state index in [0.717, 1.165) is 22.8 Å². The fourth-order valence-electron chi connectivity index (χ4n) is 2.70. The number of hydrogen-bond donors (Lipinski definition) is 3. The molecule has 0 saturated carbocycles. The van der Waals surface area contributed by atoms with Gasteiger partial charge < -0.3 is 10.4 Å². The Kier molecular flexibility index (Phi) is 3.92. The van der Waals surface area contributed by atoms with Crippen molar-refractivity contribution in [3.63, 3.8) is 0 Å². The molecule has 4 nitrogen and oxygen atoms in total. The van der Waals surface area contributed by atoms with Crippen LogP contribution in [0.1, 0.15) is 0 Å². The van der Waals surface area contributed by atoms with Crippen LogP contribution in [0.15, 0.2) is 84.9 Å². The summed E-state index contributed by atoms with van der Waals surface area (Å²) < 4.78 is 0. The number of aromatic amines is 1. The van der Waals surface area contributed by atoms with Gasteiger partial charge in [-0.15, -0.1) is 0 Å². The first kappa shape index (κ1) is 15.0. The summed E-state index contributed by atoms with van der Waals surface area (Å²) >= 11 is 0. The highest BCUT2D eigenvalue weighted by Gasteiger charge is 2.05. The molecule has 0 unspecified atom stereocenters. The van der Waals surface area contributed by atoms with Gasteiger partial charge in [0.15, 0.2) is 5.82 Å². The molecule has 0 saturated heterocycles. The van der Waals surface area contributed by atoms with Crippen molar-refractivity contribution in [3.8, 4) is 28.1 Å². The molecule has 0 amide bonds. The van der Waals surface area contributed by atoms with Crippen LogP contribution in [-0.2, 0) is 0 Å². The summed E-state index contributed by atoms with van der Waals surface area (Å²) in [5.41, 5.74) is 5.28. The highest BCUT2D eigenvalue weighted by molar-refractivity contribution is 5.70. The first-order chi connectivity index (χ1) is 12.3. The normalized spacial score (nSPS) is 10.6. The molecule has 4 aromatic rings. The fourth-order valence-corrected chi connectivity index (χ4v) is 2.70. The number of anilines is 2. The summed E-state index contributed by atoms with van der Waals surface area (Å²) in [5.74, 6) is 0.972. The van der Waals surface area contributed by atoms with Gasteiger partial charge in [-0.3, -0.25) is 5.10 Å². The van der Waals surface area contributed by atoms with E-state index in [0.29, 0.717) is 0 Å². The van der Waals surface area contributed by atoms with Gasteiger partial charge in [-0.1, -0.05) is 54.6 Å². The molecule has 0 atom stereocenters. The third kappa shape index (κ3) is 3.38. The van der Waals surface area contributed by atoms with Gasteiger partial charge in [0, 0.05) is 11.8 Å². The predicted molar refractivity (Wildman–Crippen MR) is 101 cm³/mol. The van der Waals surface area contributed by atoms with E-state index in [1.165, 1.54) is 11.1 Å². The number of hydrogen-bond acceptors (Lipinski definition) is 3. The summed E-state index contributed by atoms with van der Waals surface area (Å²) in [4.78, 5) is 0. The zero-order chi connectivity index (χ0) is 17.1. The molecule has 25 heavy (non-hydrogen) atoms. The number of nitrogens with zero attached hydrogens (tertiary/aromatic N) is 1. The molecule has 4 rings (SSSR count). The number of H-pyrrole nitrogens is 1. The average molecular weight is 327 g/mol. The number of benzene rings is 3. The van der Waals surface area contributed by atoms with Gasteiger partial charge in [-0.2, -0.15) is 5.10 Å². The Hall–Kier alpha value is -3.53. The lowest BCUT2D eigenvalue weighted by Crippen LogP contribution is -1.89. The van der Waals surface area contributed by atoms with Crippen LogP contribution in [0.4, 0.5) is 11.5 Å². The van der Waals surface area contributed by atoms with E-state index in [1.807, 2.05) is 24.3 Å². The smallest absolute Gasteiger partial charge is 0.152 e. The Morgan fingerprint density at radius 3 is 2.08 bits per heavy atom. The summed E-state index contributed by atoms with van der Waals surface area (Å²) in [5, 5.41) is 19.9. The van der Waals surface area contributed by atoms with Crippen molar-refractivity contribution < 1.29 is 5.11 Å². The quantitative estimate of drug-likeness (QED) is 0.452. The second kappa shape index (κ2) is 6.53. The molecular formula is C21H17N3O. The first-order valence-corrected chi connectivity index (χ1v) is 8.05. The number of nitrogens with one attached hydrogen (secondary N) is 2. The van der Waals surface area contributed by atoms with Gasteiger partial charge in [0.05, 0.1) is 5.69 Å². The van der Waals surface area contributed by atoms with Gasteiger partial charge in [0.2, 0.25) is 0 Å². The number of phenolic OH excluding ortho intramolecular Hbond substituents is 1. The fraction of sp³-hybridized carbons (Fsp3) is 0. The lowest BCUT2D eigenvalue weighted by atomic mass is 10.0. The molecule has 3 aromatic carbocycles. The maximum atomic E-state index is 9.33. The van der Waals surface area contributed by atoms with Crippen molar-refractivity contribution in [2.45, 2.75) is 0 Å². The van der Waals surface area contributed by atoms with E-state index >= 15 is 0 Å². The standard InChI is InChI=1S/C21H17N3O/c25-19-12-10-18(11-13-19)22-21-14-20(23-24-21)17-8-6-16(7-9-17)15-4-2-1-3-5-15/h1-14,25H,(H2,22,23,24). The van der Waals surface area contributed by atoms with Gasteiger partial charge in [-0.25, -0.2) is 0 Å². The Balaban J connectivity index is 1.52. The van der Waals surface area contributed by atoms with E-state index in [4.69, 9.17) is 0 Å². The Morgan fingerprint density at radius 2 is 1.36 bits per heavy atom. The van der Waals surface area contributed by atoms with E-state index in [-0.39, 0.29) is 5.75 Å². The maximum Gasteiger partial charge on any atom is 0.152 e. The van der Waals surface area contributed by atoms with Crippen molar-refractivity contribution in [2.75, 3.05) is 5.32 Å². The first-order valence-electron chi connectivity index (χ1n) is 8.05. The van der Waals surface area contributed by atoms with Crippen LogP contribution < -0.4 is 5.32 Å². The monoisotopic (exact) mass is 327 g/mol. The molecule has 122 valence electrons. The second-order valence-electron chi connectivity index (χ2n) is 5.78. The number of aromatic nitrogens is 2. The van der Waals surface area contributed by atoms with Crippen LogP contribution in [0.25, 0.3) is 22.4 Å². The Morgan fingerprint density at radius 1 is 0.720 bits per heavy atom. The van der Waals surface area contributed by atoms with Crippen LogP contribution in [0, 0.1) is 0 Å². The highest BCUT2D eigenvalue weighted by atomic mass is 16.3. The van der Waals surface area contributed by atoms with E-state index in [2.05, 4.69) is 51.9 Å². The van der Waals surface area contributed by atoms with Crippen LogP contribution in [0.3, 0.4) is 0 Å². The van der Waals surface area contributed by atoms with Gasteiger partial charge in [0.1, 0.15) is 5.75 Å². The Labute approximate surface area is 145 Å². The number of rotatable bonds is 4. The number of aromatic hydroxyl groups is 1. The van der Waals surface area contributed by atoms with Crippen LogP contribution >= 0.6 is 0 Å². The van der Waals surface area contributed by atoms with Gasteiger partial charge in [-0.05, 0) is 41.0 Å². The summed E-state index contributed by atoms with van der Waals surface area (Å²) in [7, 11) is 0. The molecule has 1 aromatic heterocycles. The molecule has 4 heteroatoms. The lowest BCUT2D eigenvalue weighted by Gasteiger charge is -2.03. The van der Waals surface area contributed by atoms with Crippen molar-refractivity contribution in [2.24, 2.45) is 0 Å². The van der Waals surface area contributed by atoms with E-state index in [1.54, 1.807) is 24.3 Å². The largest absolute Gasteiger partial charge is 0.508 e. The minimum atomic E-state index is 0.242. The summed E-state index contributed by atoms with van der Waals surface area (Å²) in [6.45, 7) is 0. The van der Waals surface area contributed by atoms with Crippen molar-refractivity contribution in [1.82, 2.24) is 10.2 Å². The second-order valence-corrected chi connectivity index (χ2v) is 5.78. The molecule has 1 heterocycles. The molecule has 3 N–H and O–H groups in total. The minimum Gasteiger partial charge on any atom is -0.508 e. The minimum absolute atomic E-state index is 0.242. The molecule has 0 radical (unpaired) electrons. The Bertz CT molecular complexity index is 958. The zero-order valence-corrected chi connectivity index (χ0v) is 13.5. The lowest BCUT2D eigenvalue weighted by molar-refractivity contribution is 0.475. The average Bonchev–Trinajstić information content (AvgIpc) is 3.13. The van der Waals surface area contributed by atoms with Gasteiger partial charge >= 0.3 is 0 Å². The van der Waals surface area contributed by atoms with Crippen LogP contribution in [0.5, 0.6) is 5.75 Å². The van der Waals surface area contributed by atoms with Crippen LogP contribution in [-0.4, -0.2) is 15.3 Å². The van der Waals surface area contributed by atoms with Crippen LogP contribution in [0.2, 0.25) is 0 Å².